The smallest absolute Gasteiger partial charge is 0.416 e. The minimum absolute atomic E-state index is 0. The molecule has 2 N–H and O–H groups in total. The van der Waals surface area contributed by atoms with E-state index in [9.17, 15) is 61.1 Å². The molecule has 0 saturated carbocycles. The maximum atomic E-state index is 14.3. The maximum absolute atomic E-state index is 14.3. The fourth-order valence-corrected chi connectivity index (χ4v) is 10.2. The number of rotatable bonds is 10. The van der Waals surface area contributed by atoms with Crippen LogP contribution in [-0.2, 0) is 55.2 Å². The van der Waals surface area contributed by atoms with Gasteiger partial charge in [0.25, 0.3) is 10.1 Å². The molecule has 0 bridgehead atoms. The number of alkyl halides is 12. The molecule has 0 unspecified atom stereocenters. The molecule has 0 aromatic heterocycles. The van der Waals surface area contributed by atoms with Crippen molar-refractivity contribution in [1.29, 1.82) is 0 Å². The van der Waals surface area contributed by atoms with Crippen LogP contribution in [0.4, 0.5) is 58.4 Å². The van der Waals surface area contributed by atoms with Crippen molar-refractivity contribution in [2.45, 2.75) is 84.0 Å². The van der Waals surface area contributed by atoms with Gasteiger partial charge in [-0.25, -0.2) is 0 Å². The summed E-state index contributed by atoms with van der Waals surface area (Å²) in [6, 6.07) is 25.0. The normalized spacial score (nSPS) is 12.2. The summed E-state index contributed by atoms with van der Waals surface area (Å²) in [4.78, 5) is 0. The summed E-state index contributed by atoms with van der Waals surface area (Å²) < 4.78 is 209. The summed E-state index contributed by atoms with van der Waals surface area (Å²) >= 11 is 0. The second-order valence-corrected chi connectivity index (χ2v) is 20.9. The van der Waals surface area contributed by atoms with Crippen molar-refractivity contribution in [3.05, 3.63) is 160 Å². The molecule has 0 saturated heterocycles. The Hall–Kier alpha value is -5.12. The molecule has 0 aliphatic heterocycles. The van der Waals surface area contributed by atoms with Gasteiger partial charge in [0.2, 0.25) is 0 Å². The van der Waals surface area contributed by atoms with E-state index in [1.807, 2.05) is 108 Å². The van der Waals surface area contributed by atoms with Crippen LogP contribution >= 0.6 is 7.92 Å². The summed E-state index contributed by atoms with van der Waals surface area (Å²) in [6.07, 6.45) is -20.9. The van der Waals surface area contributed by atoms with Crippen molar-refractivity contribution >= 4 is 39.6 Å². The Labute approximate surface area is 431 Å². The largest absolute Gasteiger partial charge is 0.698 e. The summed E-state index contributed by atoms with van der Waals surface area (Å²) in [5.41, 5.74) is 5.78. The molecule has 0 fully saturated rings. The molecule has 6 aromatic carbocycles. The third-order valence-corrected chi connectivity index (χ3v) is 13.3. The Morgan fingerprint density at radius 1 is 0.521 bits per heavy atom. The van der Waals surface area contributed by atoms with E-state index < -0.39 is 75.6 Å². The van der Waals surface area contributed by atoms with Crippen LogP contribution in [0.25, 0.3) is 28.0 Å². The number of halogens is 12. The van der Waals surface area contributed by atoms with E-state index in [1.165, 1.54) is 19.2 Å². The van der Waals surface area contributed by atoms with Gasteiger partial charge < -0.3 is 15.2 Å². The SMILES string of the molecule is COc1ccc(OC)c(P(c2cc(C(F)(F)F)cc(C(F)(F)F)c2)c2cc(C(F)(F)F)cc(C(F)(F)F)c2)c1-c1c(C(C)C)cc(C(C)C)cc1C(C)C.CS(=O)(=O)O.[NH-]c1ccccc1-c1ccccc1.[Pd]. The maximum Gasteiger partial charge on any atom is 0.416 e. The number of hydrogen-bond acceptors (Lipinski definition) is 4. The van der Waals surface area contributed by atoms with Crippen LogP contribution in [0.5, 0.6) is 11.5 Å². The van der Waals surface area contributed by atoms with Gasteiger partial charge in [-0.3, -0.25) is 4.55 Å². The van der Waals surface area contributed by atoms with E-state index in [0.29, 0.717) is 52.9 Å². The van der Waals surface area contributed by atoms with E-state index in [4.69, 9.17) is 19.8 Å². The molecular weight excluding hydrogens is 1120 g/mol. The average Bonchev–Trinajstić information content (AvgIpc) is 3.27. The summed E-state index contributed by atoms with van der Waals surface area (Å²) in [5, 5.41) is -1.90. The van der Waals surface area contributed by atoms with Crippen molar-refractivity contribution in [2.75, 3.05) is 20.5 Å². The molecule has 0 spiro atoms. The molecule has 0 amide bonds. The molecular formula is C52H51F12NO5PPdS-. The van der Waals surface area contributed by atoms with Gasteiger partial charge in [-0.2, -0.15) is 61.1 Å². The fourth-order valence-electron chi connectivity index (χ4n) is 7.49. The quantitative estimate of drug-likeness (QED) is 0.0638. The monoisotopic (exact) mass is 1170 g/mol. The first-order chi connectivity index (χ1) is 33.1. The zero-order valence-electron chi connectivity index (χ0n) is 40.5. The second kappa shape index (κ2) is 24.5. The van der Waals surface area contributed by atoms with E-state index in [2.05, 4.69) is 0 Å². The van der Waals surface area contributed by atoms with E-state index in [-0.39, 0.29) is 72.7 Å². The van der Waals surface area contributed by atoms with Crippen LogP contribution in [0.3, 0.4) is 0 Å². The van der Waals surface area contributed by atoms with Crippen molar-refractivity contribution in [1.82, 2.24) is 0 Å². The minimum Gasteiger partial charge on any atom is -0.698 e. The number of methoxy groups -OCH3 is 2. The topological polar surface area (TPSA) is 96.6 Å². The molecule has 6 aromatic rings. The fraction of sp³-hybridized carbons (Fsp3) is 0.308. The predicted octanol–water partition coefficient (Wildman–Crippen LogP) is 16.1. The molecule has 400 valence electrons. The van der Waals surface area contributed by atoms with Crippen molar-refractivity contribution < 1.29 is 95.6 Å². The first-order valence-corrected chi connectivity index (χ1v) is 24.9. The van der Waals surface area contributed by atoms with Gasteiger partial charge in [-0.05, 0) is 118 Å². The van der Waals surface area contributed by atoms with Crippen LogP contribution in [-0.4, -0.2) is 33.4 Å². The first-order valence-electron chi connectivity index (χ1n) is 21.7. The number of nitrogens with one attached hydrogen (secondary N) is 1. The van der Waals surface area contributed by atoms with Crippen LogP contribution in [0.15, 0.2) is 115 Å². The zero-order chi connectivity index (χ0) is 54.5. The Bertz CT molecular complexity index is 2760. The summed E-state index contributed by atoms with van der Waals surface area (Å²) in [7, 11) is -4.49. The second-order valence-electron chi connectivity index (χ2n) is 17.2. The molecule has 21 heteroatoms. The van der Waals surface area contributed by atoms with Crippen molar-refractivity contribution in [2.24, 2.45) is 0 Å². The van der Waals surface area contributed by atoms with Crippen LogP contribution in [0.1, 0.15) is 98.2 Å². The Morgan fingerprint density at radius 3 is 1.21 bits per heavy atom. The van der Waals surface area contributed by atoms with E-state index >= 15 is 0 Å². The van der Waals surface area contributed by atoms with Crippen molar-refractivity contribution in [3.63, 3.8) is 0 Å². The molecule has 6 rings (SSSR count). The number of ether oxygens (including phenoxy) is 2. The van der Waals surface area contributed by atoms with Crippen LogP contribution < -0.4 is 25.4 Å². The van der Waals surface area contributed by atoms with Gasteiger partial charge in [0.1, 0.15) is 11.5 Å². The minimum atomic E-state index is -5.40. The predicted molar refractivity (Wildman–Crippen MR) is 259 cm³/mol. The molecule has 73 heavy (non-hydrogen) atoms. The standard InChI is InChI=1S/C39H37F12O2P.C12H10N.CH4O3S.Pd/c1-19(2)22-11-29(20(3)4)33(30(12-22)21(5)6)34-31(52-7)9-10-32(53-8)35(34)54(27-15-23(36(40,41)42)13-24(16-27)37(43,44)45)28-17-25(38(46,47)48)14-26(18-28)39(49,50)51;13-12-9-5-4-8-11(12)10-6-2-1-3-7-10;1-5(2,3)4;/h9-21H,1-8H3;1-9,13H;1H3,(H,2,3,4);/q;-1;;. The molecule has 0 aliphatic carbocycles. The first kappa shape index (κ1) is 62.2. The Kier molecular flexibility index (Phi) is 20.9. The van der Waals surface area contributed by atoms with Crippen LogP contribution in [0, 0.1) is 0 Å². The van der Waals surface area contributed by atoms with Gasteiger partial charge in [0.05, 0.1) is 42.7 Å². The molecule has 6 nitrogen and oxygen atoms in total. The van der Waals surface area contributed by atoms with Crippen LogP contribution in [0.2, 0.25) is 0 Å². The van der Waals surface area contributed by atoms with E-state index in [1.54, 1.807) is 0 Å². The third-order valence-electron chi connectivity index (χ3n) is 10.8. The Morgan fingerprint density at radius 2 is 0.877 bits per heavy atom. The average molecular weight is 1170 g/mol. The Balaban J connectivity index is 0.000000617. The van der Waals surface area contributed by atoms with E-state index in [0.717, 1.165) is 23.8 Å². The zero-order valence-corrected chi connectivity index (χ0v) is 43.8. The van der Waals surface area contributed by atoms with Gasteiger partial charge >= 0.3 is 24.7 Å². The number of hydrogen-bond donors (Lipinski definition) is 1. The molecule has 0 radical (unpaired) electrons. The molecule has 0 atom stereocenters. The summed E-state index contributed by atoms with van der Waals surface area (Å²) in [6.45, 7) is 11.2. The third kappa shape index (κ3) is 16.4. The summed E-state index contributed by atoms with van der Waals surface area (Å²) in [5.74, 6) is -0.796. The van der Waals surface area contributed by atoms with Gasteiger partial charge in [0.15, 0.2) is 0 Å². The van der Waals surface area contributed by atoms with Crippen molar-refractivity contribution in [3.8, 4) is 33.8 Å². The van der Waals surface area contributed by atoms with Gasteiger partial charge in [-0.1, -0.05) is 108 Å². The van der Waals surface area contributed by atoms with Gasteiger partial charge in [0, 0.05) is 31.3 Å². The van der Waals surface area contributed by atoms with Gasteiger partial charge in [-0.15, -0.1) is 5.69 Å². The number of benzene rings is 6. The molecule has 0 heterocycles. The molecule has 0 aliphatic rings.